The van der Waals surface area contributed by atoms with E-state index >= 15 is 0 Å². The zero-order chi connectivity index (χ0) is 14.6. The third-order valence-electron chi connectivity index (χ3n) is 6.08. The maximum Gasteiger partial charge on any atom is 0.327 e. The minimum Gasteiger partial charge on any atom is -0.383 e. The fourth-order valence-electron chi connectivity index (χ4n) is 5.73. The van der Waals surface area contributed by atoms with E-state index in [9.17, 15) is 9.59 Å². The van der Waals surface area contributed by atoms with Crippen LogP contribution in [0.4, 0.5) is 4.79 Å². The van der Waals surface area contributed by atoms with Gasteiger partial charge in [0.2, 0.25) is 0 Å². The molecule has 0 aromatic rings. The number of hydrogen-bond acceptors (Lipinski definition) is 3. The van der Waals surface area contributed by atoms with E-state index in [4.69, 9.17) is 4.74 Å². The first-order valence-corrected chi connectivity index (χ1v) is 8.22. The summed E-state index contributed by atoms with van der Waals surface area (Å²) >= 11 is 0. The summed E-state index contributed by atoms with van der Waals surface area (Å²) in [7, 11) is 1.62. The highest BCUT2D eigenvalue weighted by molar-refractivity contribution is 6.03. The number of imide groups is 1. The average Bonchev–Trinajstić information content (AvgIpc) is 2.70. The van der Waals surface area contributed by atoms with E-state index in [-0.39, 0.29) is 24.0 Å². The van der Waals surface area contributed by atoms with E-state index in [0.29, 0.717) is 13.2 Å². The van der Waals surface area contributed by atoms with E-state index in [0.717, 1.165) is 37.0 Å². The summed E-state index contributed by atoms with van der Waals surface area (Å²) in [5.41, 5.74) is -0.148. The predicted molar refractivity (Wildman–Crippen MR) is 76.6 cm³/mol. The Morgan fingerprint density at radius 3 is 2.19 bits per heavy atom. The Labute approximate surface area is 125 Å². The van der Waals surface area contributed by atoms with Crippen LogP contribution in [-0.2, 0) is 9.53 Å². The molecule has 116 valence electrons. The first kappa shape index (κ1) is 13.6. The van der Waals surface area contributed by atoms with Crippen molar-refractivity contribution >= 4 is 11.9 Å². The Kier molecular flexibility index (Phi) is 3.03. The molecule has 0 spiro atoms. The Morgan fingerprint density at radius 1 is 1.10 bits per heavy atom. The molecule has 21 heavy (non-hydrogen) atoms. The second-order valence-electron chi connectivity index (χ2n) is 7.57. The fourth-order valence-corrected chi connectivity index (χ4v) is 5.73. The summed E-state index contributed by atoms with van der Waals surface area (Å²) in [5, 5.41) is 0. The summed E-state index contributed by atoms with van der Waals surface area (Å²) in [5.74, 6) is 2.23. The lowest BCUT2D eigenvalue weighted by molar-refractivity contribution is -0.138. The van der Waals surface area contributed by atoms with Crippen molar-refractivity contribution in [3.63, 3.8) is 0 Å². The number of carbonyl (C=O) groups is 2. The van der Waals surface area contributed by atoms with Crippen LogP contribution in [0.3, 0.4) is 0 Å². The maximum absolute atomic E-state index is 12.7. The number of nitrogens with zero attached hydrogens (tertiary/aromatic N) is 2. The van der Waals surface area contributed by atoms with Gasteiger partial charge in [0.05, 0.1) is 12.1 Å². The van der Waals surface area contributed by atoms with Crippen molar-refractivity contribution in [2.75, 3.05) is 26.8 Å². The van der Waals surface area contributed by atoms with Crippen molar-refractivity contribution in [1.82, 2.24) is 9.80 Å². The van der Waals surface area contributed by atoms with Crippen molar-refractivity contribution in [3.05, 3.63) is 0 Å². The fraction of sp³-hybridized carbons (Fsp3) is 0.875. The SMILES string of the molecule is COCCN1CC(=O)N(C23CC4CC(CC(C4)C2)C3)C1=O. The molecule has 1 aliphatic heterocycles. The van der Waals surface area contributed by atoms with Crippen LogP contribution < -0.4 is 0 Å². The summed E-state index contributed by atoms with van der Waals surface area (Å²) in [6, 6.07) is -0.0704. The Morgan fingerprint density at radius 2 is 1.67 bits per heavy atom. The molecule has 0 aromatic heterocycles. The lowest BCUT2D eigenvalue weighted by Crippen LogP contribution is -2.61. The van der Waals surface area contributed by atoms with Gasteiger partial charge >= 0.3 is 6.03 Å². The van der Waals surface area contributed by atoms with Crippen molar-refractivity contribution in [2.24, 2.45) is 17.8 Å². The first-order chi connectivity index (χ1) is 10.1. The largest absolute Gasteiger partial charge is 0.383 e. The van der Waals surface area contributed by atoms with Gasteiger partial charge < -0.3 is 9.64 Å². The third kappa shape index (κ3) is 2.00. The number of hydrogen-bond donors (Lipinski definition) is 0. The molecular formula is C16H24N2O3. The van der Waals surface area contributed by atoms with Gasteiger partial charge in [-0.2, -0.15) is 0 Å². The van der Waals surface area contributed by atoms with E-state index in [2.05, 4.69) is 0 Å². The van der Waals surface area contributed by atoms with Gasteiger partial charge in [-0.1, -0.05) is 0 Å². The second kappa shape index (κ2) is 4.70. The molecule has 0 atom stereocenters. The number of carbonyl (C=O) groups excluding carboxylic acids is 2. The smallest absolute Gasteiger partial charge is 0.327 e. The second-order valence-corrected chi connectivity index (χ2v) is 7.57. The quantitative estimate of drug-likeness (QED) is 0.743. The highest BCUT2D eigenvalue weighted by atomic mass is 16.5. The molecule has 0 unspecified atom stereocenters. The molecule has 0 radical (unpaired) electrons. The van der Waals surface area contributed by atoms with Crippen LogP contribution in [0.15, 0.2) is 0 Å². The summed E-state index contributed by atoms with van der Waals surface area (Å²) in [4.78, 5) is 28.5. The molecule has 3 amide bonds. The highest BCUT2D eigenvalue weighted by Gasteiger charge is 2.58. The molecule has 5 heteroatoms. The van der Waals surface area contributed by atoms with Gasteiger partial charge in [-0.25, -0.2) is 4.79 Å². The van der Waals surface area contributed by atoms with Crippen LogP contribution in [0, 0.1) is 17.8 Å². The van der Waals surface area contributed by atoms with Crippen LogP contribution in [0.5, 0.6) is 0 Å². The molecule has 0 N–H and O–H groups in total. The summed E-state index contributed by atoms with van der Waals surface area (Å²) < 4.78 is 5.05. The van der Waals surface area contributed by atoms with Crippen LogP contribution >= 0.6 is 0 Å². The average molecular weight is 292 g/mol. The Hall–Kier alpha value is -1.10. The van der Waals surface area contributed by atoms with Crippen molar-refractivity contribution in [1.29, 1.82) is 0 Å². The predicted octanol–water partition coefficient (Wildman–Crippen LogP) is 1.87. The van der Waals surface area contributed by atoms with Crippen LogP contribution in [0.25, 0.3) is 0 Å². The minimum absolute atomic E-state index is 0.0121. The maximum atomic E-state index is 12.7. The standard InChI is InChI=1S/C16H24N2O3/c1-21-3-2-17-10-14(19)18(15(17)20)16-7-11-4-12(8-16)6-13(5-11)9-16/h11-13H,2-10H2,1H3. The van der Waals surface area contributed by atoms with Crippen molar-refractivity contribution in [3.8, 4) is 0 Å². The first-order valence-electron chi connectivity index (χ1n) is 8.22. The van der Waals surface area contributed by atoms with Gasteiger partial charge in [-0.3, -0.25) is 9.69 Å². The molecule has 1 saturated heterocycles. The molecule has 5 rings (SSSR count). The molecular weight excluding hydrogens is 268 g/mol. The van der Waals surface area contributed by atoms with E-state index in [1.54, 1.807) is 16.9 Å². The monoisotopic (exact) mass is 292 g/mol. The van der Waals surface area contributed by atoms with Gasteiger partial charge in [-0.15, -0.1) is 0 Å². The van der Waals surface area contributed by atoms with Crippen LogP contribution in [0.2, 0.25) is 0 Å². The zero-order valence-electron chi connectivity index (χ0n) is 12.7. The summed E-state index contributed by atoms with van der Waals surface area (Å²) in [6.45, 7) is 1.25. The summed E-state index contributed by atoms with van der Waals surface area (Å²) in [6.07, 6.45) is 7.12. The topological polar surface area (TPSA) is 49.9 Å². The zero-order valence-corrected chi connectivity index (χ0v) is 12.7. The van der Waals surface area contributed by atoms with E-state index in [1.165, 1.54) is 19.3 Å². The van der Waals surface area contributed by atoms with Crippen LogP contribution in [-0.4, -0.2) is 54.1 Å². The number of ether oxygens (including phenoxy) is 1. The van der Waals surface area contributed by atoms with E-state index in [1.807, 2.05) is 0 Å². The molecule has 5 fully saturated rings. The van der Waals surface area contributed by atoms with E-state index < -0.39 is 0 Å². The molecule has 4 bridgehead atoms. The van der Waals surface area contributed by atoms with Gasteiger partial charge in [0, 0.05) is 13.7 Å². The van der Waals surface area contributed by atoms with Gasteiger partial charge in [0.1, 0.15) is 6.54 Å². The van der Waals surface area contributed by atoms with Gasteiger partial charge in [0.15, 0.2) is 0 Å². The molecule has 5 nitrogen and oxygen atoms in total. The Bertz CT molecular complexity index is 441. The number of rotatable bonds is 4. The number of amides is 3. The van der Waals surface area contributed by atoms with Gasteiger partial charge in [0.25, 0.3) is 5.91 Å². The minimum atomic E-state index is -0.148. The lowest BCUT2D eigenvalue weighted by Gasteiger charge is -2.58. The molecule has 4 saturated carbocycles. The normalized spacial score (nSPS) is 41.5. The third-order valence-corrected chi connectivity index (χ3v) is 6.08. The van der Waals surface area contributed by atoms with Crippen molar-refractivity contribution < 1.29 is 14.3 Å². The van der Waals surface area contributed by atoms with Crippen LogP contribution in [0.1, 0.15) is 38.5 Å². The van der Waals surface area contributed by atoms with Gasteiger partial charge in [-0.05, 0) is 56.3 Å². The lowest BCUT2D eigenvalue weighted by atomic mass is 9.52. The molecule has 1 heterocycles. The highest BCUT2D eigenvalue weighted by Crippen LogP contribution is 2.58. The Balaban J connectivity index is 1.58. The van der Waals surface area contributed by atoms with Crippen molar-refractivity contribution in [2.45, 2.75) is 44.1 Å². The molecule has 5 aliphatic rings. The number of urea groups is 1. The molecule has 0 aromatic carbocycles. The molecule has 4 aliphatic carbocycles. The number of methoxy groups -OCH3 is 1.